The Bertz CT molecular complexity index is 745. The summed E-state index contributed by atoms with van der Waals surface area (Å²) >= 11 is 0. The van der Waals surface area contributed by atoms with Gasteiger partial charge in [-0.25, -0.2) is 0 Å². The van der Waals surface area contributed by atoms with E-state index in [0.29, 0.717) is 5.56 Å². The molecule has 0 aliphatic rings. The van der Waals surface area contributed by atoms with Crippen molar-refractivity contribution < 1.29 is 4.79 Å². The number of amides is 1. The van der Waals surface area contributed by atoms with Gasteiger partial charge in [0.15, 0.2) is 0 Å². The number of aromatic nitrogens is 1. The van der Waals surface area contributed by atoms with Crippen LogP contribution in [0.4, 0.5) is 5.69 Å². The zero-order valence-electron chi connectivity index (χ0n) is 11.8. The Hall–Kier alpha value is -2.81. The van der Waals surface area contributed by atoms with Crippen molar-refractivity contribution in [3.05, 3.63) is 78.1 Å². The minimum absolute atomic E-state index is 0.0983. The fourth-order valence-corrected chi connectivity index (χ4v) is 2.38. The summed E-state index contributed by atoms with van der Waals surface area (Å²) in [6, 6.07) is 19.4. The number of hydrogen-bond acceptors (Lipinski definition) is 1. The zero-order valence-corrected chi connectivity index (χ0v) is 11.8. The van der Waals surface area contributed by atoms with E-state index in [1.54, 1.807) is 0 Å². The van der Waals surface area contributed by atoms with E-state index in [1.807, 2.05) is 73.8 Å². The topological polar surface area (TPSA) is 44.9 Å². The van der Waals surface area contributed by atoms with Crippen molar-refractivity contribution in [3.8, 4) is 11.1 Å². The van der Waals surface area contributed by atoms with Crippen LogP contribution in [-0.4, -0.2) is 10.9 Å². The van der Waals surface area contributed by atoms with Crippen molar-refractivity contribution in [2.24, 2.45) is 0 Å². The Morgan fingerprint density at radius 1 is 0.952 bits per heavy atom. The summed E-state index contributed by atoms with van der Waals surface area (Å²) in [5.41, 5.74) is 4.29. The summed E-state index contributed by atoms with van der Waals surface area (Å²) in [5, 5.41) is 2.94. The third-order valence-corrected chi connectivity index (χ3v) is 3.42. The molecule has 1 amide bonds. The molecule has 104 valence electrons. The second-order valence-electron chi connectivity index (χ2n) is 4.89. The van der Waals surface area contributed by atoms with Crippen molar-refractivity contribution in [2.75, 3.05) is 5.32 Å². The zero-order chi connectivity index (χ0) is 14.7. The summed E-state index contributed by atoms with van der Waals surface area (Å²) in [6.45, 7) is 1.91. The Labute approximate surface area is 123 Å². The number of para-hydroxylation sites is 1. The molecule has 3 heteroatoms. The molecule has 0 unspecified atom stereocenters. The van der Waals surface area contributed by atoms with Gasteiger partial charge in [-0.2, -0.15) is 0 Å². The van der Waals surface area contributed by atoms with Crippen molar-refractivity contribution in [2.45, 2.75) is 6.92 Å². The SMILES string of the molecule is Cc1[nH]cc(-c2ccccc2)c1C(=O)Nc1ccccc1. The largest absolute Gasteiger partial charge is 0.364 e. The van der Waals surface area contributed by atoms with Crippen LogP contribution < -0.4 is 5.32 Å². The molecule has 1 heterocycles. The van der Waals surface area contributed by atoms with E-state index in [-0.39, 0.29) is 5.91 Å². The van der Waals surface area contributed by atoms with Gasteiger partial charge in [0.2, 0.25) is 0 Å². The first-order chi connectivity index (χ1) is 10.3. The predicted molar refractivity (Wildman–Crippen MR) is 85.4 cm³/mol. The van der Waals surface area contributed by atoms with Gasteiger partial charge in [-0.1, -0.05) is 48.5 Å². The van der Waals surface area contributed by atoms with Gasteiger partial charge in [-0.15, -0.1) is 0 Å². The van der Waals surface area contributed by atoms with E-state index in [2.05, 4.69) is 10.3 Å². The molecule has 0 spiro atoms. The van der Waals surface area contributed by atoms with Crippen LogP contribution in [0.2, 0.25) is 0 Å². The maximum absolute atomic E-state index is 12.6. The van der Waals surface area contributed by atoms with Gasteiger partial charge in [0.25, 0.3) is 5.91 Å². The van der Waals surface area contributed by atoms with Crippen LogP contribution in [-0.2, 0) is 0 Å². The van der Waals surface area contributed by atoms with Crippen LogP contribution in [0.25, 0.3) is 11.1 Å². The molecule has 0 bridgehead atoms. The summed E-state index contributed by atoms with van der Waals surface area (Å²) in [7, 11) is 0. The number of rotatable bonds is 3. The summed E-state index contributed by atoms with van der Waals surface area (Å²) in [4.78, 5) is 15.7. The van der Waals surface area contributed by atoms with Gasteiger partial charge >= 0.3 is 0 Å². The van der Waals surface area contributed by atoms with E-state index in [4.69, 9.17) is 0 Å². The molecule has 21 heavy (non-hydrogen) atoms. The molecule has 3 rings (SSSR count). The molecule has 0 atom stereocenters. The number of H-pyrrole nitrogens is 1. The summed E-state index contributed by atoms with van der Waals surface area (Å²) in [6.07, 6.45) is 1.88. The highest BCUT2D eigenvalue weighted by Crippen LogP contribution is 2.26. The first kappa shape index (κ1) is 13.2. The van der Waals surface area contributed by atoms with E-state index in [1.165, 1.54) is 0 Å². The molecule has 0 radical (unpaired) electrons. The second kappa shape index (κ2) is 5.67. The lowest BCUT2D eigenvalue weighted by molar-refractivity contribution is 0.102. The van der Waals surface area contributed by atoms with Gasteiger partial charge in [0, 0.05) is 23.1 Å². The molecule has 2 aromatic carbocycles. The second-order valence-corrected chi connectivity index (χ2v) is 4.89. The monoisotopic (exact) mass is 276 g/mol. The minimum atomic E-state index is -0.0983. The molecule has 0 saturated carbocycles. The first-order valence-corrected chi connectivity index (χ1v) is 6.85. The molecule has 0 aliphatic heterocycles. The number of aryl methyl sites for hydroxylation is 1. The fourth-order valence-electron chi connectivity index (χ4n) is 2.38. The smallest absolute Gasteiger partial charge is 0.258 e. The van der Waals surface area contributed by atoms with Gasteiger partial charge in [0.1, 0.15) is 0 Å². The first-order valence-electron chi connectivity index (χ1n) is 6.85. The lowest BCUT2D eigenvalue weighted by Crippen LogP contribution is -2.13. The van der Waals surface area contributed by atoms with E-state index in [9.17, 15) is 4.79 Å². The lowest BCUT2D eigenvalue weighted by atomic mass is 10.0. The normalized spacial score (nSPS) is 10.3. The molecular weight excluding hydrogens is 260 g/mol. The van der Waals surface area contributed by atoms with Crippen LogP contribution in [0.5, 0.6) is 0 Å². The molecule has 1 aromatic heterocycles. The van der Waals surface area contributed by atoms with Gasteiger partial charge < -0.3 is 10.3 Å². The highest BCUT2D eigenvalue weighted by atomic mass is 16.1. The predicted octanol–water partition coefficient (Wildman–Crippen LogP) is 4.24. The quantitative estimate of drug-likeness (QED) is 0.738. The van der Waals surface area contributed by atoms with Crippen molar-refractivity contribution in [3.63, 3.8) is 0 Å². The maximum Gasteiger partial charge on any atom is 0.258 e. The third-order valence-electron chi connectivity index (χ3n) is 3.42. The average Bonchev–Trinajstić information content (AvgIpc) is 2.91. The van der Waals surface area contributed by atoms with Gasteiger partial charge in [0.05, 0.1) is 5.56 Å². The van der Waals surface area contributed by atoms with Crippen LogP contribution in [0, 0.1) is 6.92 Å². The molecule has 2 N–H and O–H groups in total. The molecular formula is C18H16N2O. The number of carbonyl (C=O) groups excluding carboxylic acids is 1. The average molecular weight is 276 g/mol. The molecule has 0 saturated heterocycles. The van der Waals surface area contributed by atoms with E-state index in [0.717, 1.165) is 22.5 Å². The molecule has 3 nitrogen and oxygen atoms in total. The number of nitrogens with one attached hydrogen (secondary N) is 2. The van der Waals surface area contributed by atoms with Crippen LogP contribution in [0.15, 0.2) is 66.9 Å². The standard InChI is InChI=1S/C18H16N2O/c1-13-17(18(21)20-15-10-6-3-7-11-15)16(12-19-13)14-8-4-2-5-9-14/h2-12,19H,1H3,(H,20,21). The Morgan fingerprint density at radius 3 is 2.24 bits per heavy atom. The number of anilines is 1. The van der Waals surface area contributed by atoms with Crippen molar-refractivity contribution in [1.82, 2.24) is 4.98 Å². The van der Waals surface area contributed by atoms with Crippen LogP contribution in [0.1, 0.15) is 16.1 Å². The summed E-state index contributed by atoms with van der Waals surface area (Å²) < 4.78 is 0. The number of aromatic amines is 1. The Balaban J connectivity index is 1.95. The van der Waals surface area contributed by atoms with E-state index < -0.39 is 0 Å². The minimum Gasteiger partial charge on any atom is -0.364 e. The third kappa shape index (κ3) is 2.72. The van der Waals surface area contributed by atoms with Crippen molar-refractivity contribution in [1.29, 1.82) is 0 Å². The van der Waals surface area contributed by atoms with Gasteiger partial charge in [-0.3, -0.25) is 4.79 Å². The fraction of sp³-hybridized carbons (Fsp3) is 0.0556. The number of benzene rings is 2. The van der Waals surface area contributed by atoms with Crippen LogP contribution >= 0.6 is 0 Å². The van der Waals surface area contributed by atoms with Crippen LogP contribution in [0.3, 0.4) is 0 Å². The number of carbonyl (C=O) groups is 1. The molecule has 0 fully saturated rings. The maximum atomic E-state index is 12.6. The van der Waals surface area contributed by atoms with E-state index >= 15 is 0 Å². The summed E-state index contributed by atoms with van der Waals surface area (Å²) in [5.74, 6) is -0.0983. The highest BCUT2D eigenvalue weighted by Gasteiger charge is 2.17. The van der Waals surface area contributed by atoms with Gasteiger partial charge in [-0.05, 0) is 24.6 Å². The Kier molecular flexibility index (Phi) is 3.56. The number of hydrogen-bond donors (Lipinski definition) is 2. The molecule has 3 aromatic rings. The Morgan fingerprint density at radius 2 is 1.57 bits per heavy atom. The highest BCUT2D eigenvalue weighted by molar-refractivity contribution is 6.09. The molecule has 0 aliphatic carbocycles. The lowest BCUT2D eigenvalue weighted by Gasteiger charge is -2.07. The van der Waals surface area contributed by atoms with Crippen molar-refractivity contribution >= 4 is 11.6 Å².